The first-order valence-electron chi connectivity index (χ1n) is 7.88. The van der Waals surface area contributed by atoms with Gasteiger partial charge >= 0.3 is 0 Å². The van der Waals surface area contributed by atoms with Crippen molar-refractivity contribution in [2.75, 3.05) is 5.32 Å². The van der Waals surface area contributed by atoms with Crippen LogP contribution in [0.3, 0.4) is 0 Å². The molecule has 3 aromatic rings. The summed E-state index contributed by atoms with van der Waals surface area (Å²) in [5, 5.41) is 7.53. The molecule has 0 radical (unpaired) electrons. The molecule has 0 fully saturated rings. The van der Waals surface area contributed by atoms with Gasteiger partial charge in [-0.05, 0) is 29.8 Å². The number of carbonyl (C=O) groups is 1. The van der Waals surface area contributed by atoms with E-state index >= 15 is 0 Å². The topological polar surface area (TPSA) is 73.0 Å². The van der Waals surface area contributed by atoms with Gasteiger partial charge in [-0.2, -0.15) is 9.67 Å². The number of nitrogens with one attached hydrogen (secondary N) is 1. The van der Waals surface area contributed by atoms with Gasteiger partial charge in [-0.25, -0.2) is 0 Å². The number of hydrogen-bond acceptors (Lipinski definition) is 5. The molecule has 6 nitrogen and oxygen atoms in total. The molecule has 0 aliphatic heterocycles. The fourth-order valence-electron chi connectivity index (χ4n) is 2.18. The molecular weight excluding hydrogens is 384 g/mol. The van der Waals surface area contributed by atoms with Crippen LogP contribution in [0, 0.1) is 5.41 Å². The van der Waals surface area contributed by atoms with Gasteiger partial charge in [-0.1, -0.05) is 48.8 Å². The van der Waals surface area contributed by atoms with Gasteiger partial charge < -0.3 is 9.73 Å². The van der Waals surface area contributed by atoms with Gasteiger partial charge in [0.05, 0.1) is 6.26 Å². The Bertz CT molecular complexity index is 862. The van der Waals surface area contributed by atoms with Crippen molar-refractivity contribution in [2.24, 2.45) is 5.41 Å². The molecule has 7 heteroatoms. The molecule has 2 aromatic heterocycles. The standard InChI is InChI=1S/C18H19BrN4O2/c1-18(2,3)16(24)23-17(20-11-12-6-8-13(19)9-7-12)21-15(22-23)14-5-4-10-25-14/h4-10H,11H2,1-3H3,(H,20,21,22). The van der Waals surface area contributed by atoms with Crippen molar-refractivity contribution in [1.82, 2.24) is 14.8 Å². The summed E-state index contributed by atoms with van der Waals surface area (Å²) in [5.41, 5.74) is 0.489. The van der Waals surface area contributed by atoms with Crippen LogP contribution in [0.25, 0.3) is 11.6 Å². The molecule has 0 saturated heterocycles. The zero-order chi connectivity index (χ0) is 18.0. The Kier molecular flexibility index (Phi) is 4.76. The van der Waals surface area contributed by atoms with Crippen LogP contribution < -0.4 is 5.32 Å². The average Bonchev–Trinajstić information content (AvgIpc) is 3.22. The summed E-state index contributed by atoms with van der Waals surface area (Å²) in [7, 11) is 0. The van der Waals surface area contributed by atoms with E-state index in [2.05, 4.69) is 31.3 Å². The molecule has 0 bridgehead atoms. The van der Waals surface area contributed by atoms with E-state index in [1.165, 1.54) is 4.68 Å². The van der Waals surface area contributed by atoms with Crippen molar-refractivity contribution in [1.29, 1.82) is 0 Å². The van der Waals surface area contributed by atoms with Crippen LogP contribution in [0.15, 0.2) is 51.6 Å². The lowest BCUT2D eigenvalue weighted by Gasteiger charge is -2.17. The Morgan fingerprint density at radius 3 is 2.56 bits per heavy atom. The van der Waals surface area contributed by atoms with Crippen molar-refractivity contribution >= 4 is 27.8 Å². The normalized spacial score (nSPS) is 11.5. The minimum Gasteiger partial charge on any atom is -0.461 e. The minimum absolute atomic E-state index is 0.142. The van der Waals surface area contributed by atoms with E-state index in [1.807, 2.05) is 45.0 Å². The number of hydrogen-bond donors (Lipinski definition) is 1. The summed E-state index contributed by atoms with van der Waals surface area (Å²) in [4.78, 5) is 17.1. The summed E-state index contributed by atoms with van der Waals surface area (Å²) in [5.74, 6) is 1.15. The van der Waals surface area contributed by atoms with Crippen molar-refractivity contribution in [3.8, 4) is 11.6 Å². The van der Waals surface area contributed by atoms with Gasteiger partial charge in [0.1, 0.15) is 0 Å². The lowest BCUT2D eigenvalue weighted by molar-refractivity contribution is 0.0752. The third-order valence-corrected chi connectivity index (χ3v) is 4.08. The third-order valence-electron chi connectivity index (χ3n) is 3.55. The molecule has 0 saturated carbocycles. The molecule has 0 aliphatic rings. The molecular formula is C18H19BrN4O2. The van der Waals surface area contributed by atoms with E-state index in [4.69, 9.17) is 4.42 Å². The molecule has 0 unspecified atom stereocenters. The van der Waals surface area contributed by atoms with Crippen LogP contribution in [-0.2, 0) is 6.54 Å². The monoisotopic (exact) mass is 402 g/mol. The lowest BCUT2D eigenvalue weighted by atomic mass is 9.96. The Morgan fingerprint density at radius 1 is 1.24 bits per heavy atom. The fraction of sp³-hybridized carbons (Fsp3) is 0.278. The highest BCUT2D eigenvalue weighted by atomic mass is 79.9. The molecule has 1 aromatic carbocycles. The van der Waals surface area contributed by atoms with Crippen molar-refractivity contribution in [3.05, 3.63) is 52.7 Å². The van der Waals surface area contributed by atoms with Gasteiger partial charge in [-0.15, -0.1) is 5.10 Å². The van der Waals surface area contributed by atoms with E-state index in [0.717, 1.165) is 10.0 Å². The summed E-state index contributed by atoms with van der Waals surface area (Å²) >= 11 is 3.42. The maximum absolute atomic E-state index is 12.7. The molecule has 25 heavy (non-hydrogen) atoms. The highest BCUT2D eigenvalue weighted by molar-refractivity contribution is 9.10. The fourth-order valence-corrected chi connectivity index (χ4v) is 2.44. The van der Waals surface area contributed by atoms with Crippen LogP contribution >= 0.6 is 15.9 Å². The Labute approximate surface area is 154 Å². The molecule has 130 valence electrons. The summed E-state index contributed by atoms with van der Waals surface area (Å²) in [6, 6.07) is 11.5. The number of rotatable bonds is 4. The van der Waals surface area contributed by atoms with Gasteiger partial charge in [0.2, 0.25) is 11.8 Å². The molecule has 1 N–H and O–H groups in total. The van der Waals surface area contributed by atoms with E-state index in [1.54, 1.807) is 18.4 Å². The number of furan rings is 1. The zero-order valence-corrected chi connectivity index (χ0v) is 15.9. The van der Waals surface area contributed by atoms with Crippen LogP contribution in [0.1, 0.15) is 31.1 Å². The quantitative estimate of drug-likeness (QED) is 0.689. The van der Waals surface area contributed by atoms with E-state index in [0.29, 0.717) is 24.1 Å². The van der Waals surface area contributed by atoms with E-state index in [9.17, 15) is 4.79 Å². The number of halogens is 1. The number of nitrogens with zero attached hydrogens (tertiary/aromatic N) is 3. The van der Waals surface area contributed by atoms with Crippen LogP contribution in [-0.4, -0.2) is 20.7 Å². The first-order valence-corrected chi connectivity index (χ1v) is 8.68. The number of anilines is 1. The second kappa shape index (κ2) is 6.84. The van der Waals surface area contributed by atoms with Gasteiger partial charge in [0.15, 0.2) is 5.76 Å². The highest BCUT2D eigenvalue weighted by Crippen LogP contribution is 2.23. The molecule has 0 atom stereocenters. The molecule has 0 amide bonds. The predicted molar refractivity (Wildman–Crippen MR) is 99.3 cm³/mol. The highest BCUT2D eigenvalue weighted by Gasteiger charge is 2.28. The van der Waals surface area contributed by atoms with Gasteiger partial charge in [0.25, 0.3) is 5.91 Å². The lowest BCUT2D eigenvalue weighted by Crippen LogP contribution is -2.29. The summed E-state index contributed by atoms with van der Waals surface area (Å²) in [6.45, 7) is 6.08. The second-order valence-electron chi connectivity index (χ2n) is 6.68. The van der Waals surface area contributed by atoms with E-state index in [-0.39, 0.29) is 5.91 Å². The Hall–Kier alpha value is -2.41. The number of benzene rings is 1. The van der Waals surface area contributed by atoms with Crippen LogP contribution in [0.5, 0.6) is 0 Å². The van der Waals surface area contributed by atoms with E-state index < -0.39 is 5.41 Å². The Morgan fingerprint density at radius 2 is 1.96 bits per heavy atom. The minimum atomic E-state index is -0.581. The van der Waals surface area contributed by atoms with Gasteiger partial charge in [-0.3, -0.25) is 4.79 Å². The number of carbonyl (C=O) groups excluding carboxylic acids is 1. The Balaban J connectivity index is 1.90. The van der Waals surface area contributed by atoms with Crippen molar-refractivity contribution in [3.63, 3.8) is 0 Å². The molecule has 0 spiro atoms. The first-order chi connectivity index (χ1) is 11.8. The van der Waals surface area contributed by atoms with Crippen LogP contribution in [0.2, 0.25) is 0 Å². The second-order valence-corrected chi connectivity index (χ2v) is 7.60. The summed E-state index contributed by atoms with van der Waals surface area (Å²) in [6.07, 6.45) is 1.55. The predicted octanol–water partition coefficient (Wildman–Crippen LogP) is 4.60. The number of aromatic nitrogens is 3. The molecule has 3 rings (SSSR count). The maximum Gasteiger partial charge on any atom is 0.255 e. The molecule has 2 heterocycles. The van der Waals surface area contributed by atoms with Crippen molar-refractivity contribution < 1.29 is 9.21 Å². The van der Waals surface area contributed by atoms with Crippen molar-refractivity contribution in [2.45, 2.75) is 27.3 Å². The zero-order valence-electron chi connectivity index (χ0n) is 14.3. The maximum atomic E-state index is 12.7. The largest absolute Gasteiger partial charge is 0.461 e. The first kappa shape index (κ1) is 17.4. The summed E-state index contributed by atoms with van der Waals surface area (Å²) < 4.78 is 7.68. The smallest absolute Gasteiger partial charge is 0.255 e. The third kappa shape index (κ3) is 3.99. The molecule has 0 aliphatic carbocycles. The van der Waals surface area contributed by atoms with Crippen LogP contribution in [0.4, 0.5) is 5.95 Å². The average molecular weight is 403 g/mol. The van der Waals surface area contributed by atoms with Gasteiger partial charge in [0, 0.05) is 16.4 Å². The SMILES string of the molecule is CC(C)(C)C(=O)n1nc(-c2ccco2)nc1NCc1ccc(Br)cc1.